The molecule has 0 aliphatic carbocycles. The number of nitrogens with one attached hydrogen (secondary N) is 6. The van der Waals surface area contributed by atoms with Crippen LogP contribution in [0.4, 0.5) is 0 Å². The zero-order valence-corrected chi connectivity index (χ0v) is 22.0. The summed E-state index contributed by atoms with van der Waals surface area (Å²) in [5.74, 6) is -0.692. The van der Waals surface area contributed by atoms with Crippen molar-refractivity contribution in [1.82, 2.24) is 21.3 Å². The summed E-state index contributed by atoms with van der Waals surface area (Å²) in [6.07, 6.45) is 0. The third-order valence-corrected chi connectivity index (χ3v) is 3.59. The van der Waals surface area contributed by atoms with Crippen molar-refractivity contribution in [3.05, 3.63) is 0 Å². The van der Waals surface area contributed by atoms with Gasteiger partial charge < -0.3 is 31.1 Å². The number of carbonyl (C=O) groups excluding carboxylic acids is 4. The van der Waals surface area contributed by atoms with Gasteiger partial charge in [-0.2, -0.15) is 0 Å². The van der Waals surface area contributed by atoms with Gasteiger partial charge >= 0.3 is 49.6 Å². The van der Waals surface area contributed by atoms with Gasteiger partial charge in [-0.3, -0.25) is 19.2 Å². The van der Waals surface area contributed by atoms with E-state index in [-0.39, 0.29) is 49.8 Å². The van der Waals surface area contributed by atoms with Crippen molar-refractivity contribution >= 4 is 61.3 Å². The fraction of sp³-hybridized carbons (Fsp3) is 0.714. The molecule has 0 aliphatic heterocycles. The third-order valence-electron chi connectivity index (χ3n) is 3.59. The number of carbonyl (C=O) groups is 4. The van der Waals surface area contributed by atoms with Crippen molar-refractivity contribution in [3.63, 3.8) is 0 Å². The van der Waals surface area contributed by atoms with E-state index in [4.69, 9.17) is 37.7 Å². The summed E-state index contributed by atoms with van der Waals surface area (Å²) in [4.78, 5) is 47.9. The summed E-state index contributed by atoms with van der Waals surface area (Å²) in [5.41, 5.74) is 0. The normalized spacial score (nSPS) is 11.2. The molecule has 15 heteroatoms. The quantitative estimate of drug-likeness (QED) is 0.135. The first kappa shape index (κ1) is 30.8. The third kappa shape index (κ3) is 22.2. The van der Waals surface area contributed by atoms with Crippen molar-refractivity contribution in [2.75, 3.05) is 67.5 Å². The zero-order valence-electron chi connectivity index (χ0n) is 16.7. The molecule has 0 unspecified atom stereocenters. The Morgan fingerprint density at radius 2 is 0.759 bits per heavy atom. The standard InChI is InChI=1S/C14H28N6O4.4ClH.Pt/c1-15-11(21)7-19(8-12(22)16-2)5-6-20(9-13(23)17-3)10-14(24)18-4;;;;;/h5-10H2,1-4H3,(H,15,21)(H,16,22)(H,17,23)(H,18,24);4*1H;/q;;;;;+2/p-2. The van der Waals surface area contributed by atoms with Crippen molar-refractivity contribution in [2.24, 2.45) is 0 Å². The molecule has 10 nitrogen and oxygen atoms in total. The molecule has 178 valence electrons. The molecule has 0 rings (SSSR count). The first-order chi connectivity index (χ1) is 13.4. The topological polar surface area (TPSA) is 125 Å². The Hall–Kier alpha value is -0.352. The van der Waals surface area contributed by atoms with Gasteiger partial charge in [0.15, 0.2) is 26.2 Å². The zero-order chi connectivity index (χ0) is 23.0. The van der Waals surface area contributed by atoms with Crippen LogP contribution in [0.1, 0.15) is 0 Å². The molecule has 29 heavy (non-hydrogen) atoms. The van der Waals surface area contributed by atoms with E-state index >= 15 is 0 Å². The Morgan fingerprint density at radius 3 is 0.897 bits per heavy atom. The minimum atomic E-state index is -3.06. The van der Waals surface area contributed by atoms with E-state index in [0.29, 0.717) is 13.1 Å². The van der Waals surface area contributed by atoms with E-state index in [2.05, 4.69) is 21.3 Å². The number of hydrogen-bond acceptors (Lipinski definition) is 4. The number of rotatable bonds is 11. The van der Waals surface area contributed by atoms with Crippen LogP contribution in [0, 0.1) is 0 Å². The van der Waals surface area contributed by atoms with Gasteiger partial charge in [-0.05, 0) is 0 Å². The van der Waals surface area contributed by atoms with E-state index in [1.54, 1.807) is 0 Å². The molecular formula is C14H30Cl4N6O4Pt. The Kier molecular flexibility index (Phi) is 18.4. The van der Waals surface area contributed by atoms with Crippen LogP contribution in [0.15, 0.2) is 0 Å². The van der Waals surface area contributed by atoms with Crippen LogP contribution in [0.25, 0.3) is 0 Å². The maximum absolute atomic E-state index is 11.6. The monoisotopic (exact) mass is 681 g/mol. The number of quaternary nitrogens is 2. The number of halogens is 4. The number of likely N-dealkylation sites (N-methyl/N-ethyl adjacent to an activating group) is 4. The molecule has 0 saturated heterocycles. The number of amides is 4. The molecule has 0 heterocycles. The van der Waals surface area contributed by atoms with Crippen LogP contribution in [0.5, 0.6) is 0 Å². The second-order valence-electron chi connectivity index (χ2n) is 5.67. The molecule has 0 fully saturated rings. The van der Waals surface area contributed by atoms with Crippen LogP contribution < -0.4 is 31.1 Å². The first-order valence-electron chi connectivity index (χ1n) is 8.33. The van der Waals surface area contributed by atoms with Gasteiger partial charge in [-0.15, -0.1) is 0 Å². The SMILES string of the molecule is CNC(=O)C[NH+](CC[NH+](CC(=O)NC)CC(=O)NC)CC(=O)NC.[Cl][Pt-2]([Cl])([Cl])[Cl]. The van der Waals surface area contributed by atoms with Crippen LogP contribution in [-0.2, 0) is 31.1 Å². The summed E-state index contributed by atoms with van der Waals surface area (Å²) in [6, 6.07) is 0. The van der Waals surface area contributed by atoms with E-state index in [0.717, 1.165) is 9.80 Å². The van der Waals surface area contributed by atoms with Crippen LogP contribution in [0.2, 0.25) is 0 Å². The first-order valence-corrected chi connectivity index (χ1v) is 19.6. The van der Waals surface area contributed by atoms with E-state index < -0.39 is 11.9 Å². The van der Waals surface area contributed by atoms with Crippen LogP contribution in [-0.4, -0.2) is 91.1 Å². The molecule has 6 N–H and O–H groups in total. The molecule has 0 aromatic rings. The van der Waals surface area contributed by atoms with E-state index in [9.17, 15) is 19.2 Å². The Labute approximate surface area is 190 Å². The summed E-state index contributed by atoms with van der Waals surface area (Å²) in [5, 5.41) is 10.1. The van der Waals surface area contributed by atoms with Crippen molar-refractivity contribution in [2.45, 2.75) is 0 Å². The fourth-order valence-electron chi connectivity index (χ4n) is 2.09. The molecule has 0 radical (unpaired) electrons. The van der Waals surface area contributed by atoms with Gasteiger partial charge in [-0.25, -0.2) is 0 Å². The predicted molar refractivity (Wildman–Crippen MR) is 111 cm³/mol. The molecular weight excluding hydrogens is 653 g/mol. The average molecular weight is 683 g/mol. The van der Waals surface area contributed by atoms with Crippen molar-refractivity contribution in [1.29, 1.82) is 0 Å². The molecule has 4 amide bonds. The van der Waals surface area contributed by atoms with Gasteiger partial charge in [0, 0.05) is 28.2 Å². The Bertz CT molecular complexity index is 457. The molecule has 0 aliphatic rings. The second kappa shape index (κ2) is 17.3. The van der Waals surface area contributed by atoms with Crippen LogP contribution in [0.3, 0.4) is 0 Å². The Morgan fingerprint density at radius 1 is 0.586 bits per heavy atom. The van der Waals surface area contributed by atoms with E-state index in [1.807, 2.05) is 0 Å². The number of hydrogen-bond donors (Lipinski definition) is 6. The molecule has 0 aromatic heterocycles. The van der Waals surface area contributed by atoms with Crippen molar-refractivity contribution < 1.29 is 40.9 Å². The molecule has 0 spiro atoms. The maximum atomic E-state index is 11.6. The predicted octanol–water partition coefficient (Wildman–Crippen LogP) is -3.50. The van der Waals surface area contributed by atoms with Gasteiger partial charge in [0.1, 0.15) is 13.1 Å². The van der Waals surface area contributed by atoms with E-state index in [1.165, 1.54) is 28.2 Å². The second-order valence-corrected chi connectivity index (χ2v) is 25.4. The molecule has 0 atom stereocenters. The minimum absolute atomic E-state index is 0.150. The Balaban J connectivity index is 0. The van der Waals surface area contributed by atoms with Gasteiger partial charge in [0.25, 0.3) is 23.6 Å². The molecule has 0 saturated carbocycles. The van der Waals surface area contributed by atoms with Gasteiger partial charge in [0.2, 0.25) is 0 Å². The van der Waals surface area contributed by atoms with Gasteiger partial charge in [-0.1, -0.05) is 0 Å². The average Bonchev–Trinajstić information content (AvgIpc) is 2.63. The summed E-state index contributed by atoms with van der Waals surface area (Å²) in [6.45, 7) is 1.55. The van der Waals surface area contributed by atoms with Gasteiger partial charge in [0.05, 0.1) is 0 Å². The summed E-state index contributed by atoms with van der Waals surface area (Å²) in [7, 11) is 26.2. The summed E-state index contributed by atoms with van der Waals surface area (Å²) < 4.78 is 0. The summed E-state index contributed by atoms with van der Waals surface area (Å²) >= 11 is -3.06. The fourth-order valence-corrected chi connectivity index (χ4v) is 2.09. The molecule has 0 aromatic carbocycles. The molecule has 0 bridgehead atoms. The van der Waals surface area contributed by atoms with Crippen LogP contribution >= 0.6 is 37.7 Å². The van der Waals surface area contributed by atoms with Crippen molar-refractivity contribution in [3.8, 4) is 0 Å².